The first-order chi connectivity index (χ1) is 9.99. The molecule has 0 fully saturated rings. The van der Waals surface area contributed by atoms with Crippen LogP contribution in [-0.2, 0) is 0 Å². The minimum absolute atomic E-state index is 0.0320. The lowest BCUT2D eigenvalue weighted by molar-refractivity contribution is -0.384. The SMILES string of the molecule is CCOc1cc(Nc2ccc(F)c(Cl)c2)cc([N+](=O)[O-])c1. The van der Waals surface area contributed by atoms with Crippen LogP contribution in [-0.4, -0.2) is 11.5 Å². The lowest BCUT2D eigenvalue weighted by atomic mass is 10.2. The number of anilines is 2. The highest BCUT2D eigenvalue weighted by atomic mass is 35.5. The third-order valence-electron chi connectivity index (χ3n) is 2.62. The zero-order valence-electron chi connectivity index (χ0n) is 11.1. The molecule has 0 heterocycles. The third kappa shape index (κ3) is 3.82. The molecule has 5 nitrogen and oxygen atoms in total. The molecule has 2 aromatic rings. The van der Waals surface area contributed by atoms with Crippen LogP contribution >= 0.6 is 11.6 Å². The van der Waals surface area contributed by atoms with Crippen molar-refractivity contribution in [1.82, 2.24) is 0 Å². The van der Waals surface area contributed by atoms with Crippen LogP contribution in [0.15, 0.2) is 36.4 Å². The Labute approximate surface area is 125 Å². The van der Waals surface area contributed by atoms with Crippen molar-refractivity contribution in [2.45, 2.75) is 6.92 Å². The van der Waals surface area contributed by atoms with Gasteiger partial charge in [0, 0.05) is 23.5 Å². The Morgan fingerprint density at radius 2 is 2.05 bits per heavy atom. The largest absolute Gasteiger partial charge is 0.494 e. The molecule has 0 aliphatic rings. The molecule has 0 amide bonds. The Kier molecular flexibility index (Phi) is 4.59. The monoisotopic (exact) mass is 310 g/mol. The summed E-state index contributed by atoms with van der Waals surface area (Å²) in [5.74, 6) is -0.154. The number of rotatable bonds is 5. The lowest BCUT2D eigenvalue weighted by Gasteiger charge is -2.10. The van der Waals surface area contributed by atoms with Gasteiger partial charge in [0.15, 0.2) is 0 Å². The number of hydrogen-bond donors (Lipinski definition) is 1. The standard InChI is InChI=1S/C14H12ClFN2O3/c1-2-21-12-6-10(5-11(8-12)18(19)20)17-9-3-4-14(16)13(15)7-9/h3-8,17H,2H2,1H3. The molecule has 0 spiro atoms. The average molecular weight is 311 g/mol. The number of nitrogens with one attached hydrogen (secondary N) is 1. The van der Waals surface area contributed by atoms with Crippen LogP contribution < -0.4 is 10.1 Å². The van der Waals surface area contributed by atoms with Crippen LogP contribution in [0.25, 0.3) is 0 Å². The van der Waals surface area contributed by atoms with Crippen LogP contribution in [0.3, 0.4) is 0 Å². The van der Waals surface area contributed by atoms with Gasteiger partial charge in [0.2, 0.25) is 0 Å². The number of nitro benzene ring substituents is 1. The maximum Gasteiger partial charge on any atom is 0.275 e. The Hall–Kier alpha value is -2.34. The summed E-state index contributed by atoms with van der Waals surface area (Å²) in [5.41, 5.74) is 0.872. The normalized spacial score (nSPS) is 10.2. The quantitative estimate of drug-likeness (QED) is 0.651. The van der Waals surface area contributed by atoms with Gasteiger partial charge in [0.25, 0.3) is 5.69 Å². The second-order valence-corrected chi connectivity index (χ2v) is 4.57. The highest BCUT2D eigenvalue weighted by molar-refractivity contribution is 6.31. The van der Waals surface area contributed by atoms with Gasteiger partial charge in [-0.1, -0.05) is 11.6 Å². The highest BCUT2D eigenvalue weighted by Crippen LogP contribution is 2.29. The molecular weight excluding hydrogens is 299 g/mol. The molecule has 0 saturated heterocycles. The number of hydrogen-bond acceptors (Lipinski definition) is 4. The number of nitro groups is 1. The van der Waals surface area contributed by atoms with E-state index in [1.54, 1.807) is 13.0 Å². The molecule has 0 atom stereocenters. The molecule has 0 radical (unpaired) electrons. The minimum Gasteiger partial charge on any atom is -0.494 e. The van der Waals surface area contributed by atoms with E-state index in [0.717, 1.165) is 0 Å². The molecule has 0 saturated carbocycles. The molecule has 0 unspecified atom stereocenters. The minimum atomic E-state index is -0.531. The van der Waals surface area contributed by atoms with E-state index in [1.165, 1.54) is 30.3 Å². The number of benzene rings is 2. The Balaban J connectivity index is 2.33. The van der Waals surface area contributed by atoms with E-state index < -0.39 is 10.7 Å². The molecule has 1 N–H and O–H groups in total. The topological polar surface area (TPSA) is 64.4 Å². The van der Waals surface area contributed by atoms with Crippen molar-refractivity contribution in [3.8, 4) is 5.75 Å². The molecule has 2 rings (SSSR count). The summed E-state index contributed by atoms with van der Waals surface area (Å²) in [4.78, 5) is 10.4. The molecule has 0 aliphatic carbocycles. The summed E-state index contributed by atoms with van der Waals surface area (Å²) < 4.78 is 18.4. The predicted octanol–water partition coefficient (Wildman–Crippen LogP) is 4.53. The van der Waals surface area contributed by atoms with Gasteiger partial charge in [-0.2, -0.15) is 0 Å². The molecule has 0 aliphatic heterocycles. The number of non-ortho nitro benzene ring substituents is 1. The maximum absolute atomic E-state index is 13.1. The number of nitrogens with zero attached hydrogens (tertiary/aromatic N) is 1. The molecular formula is C14H12ClFN2O3. The fraction of sp³-hybridized carbons (Fsp3) is 0.143. The molecule has 110 valence electrons. The maximum atomic E-state index is 13.1. The molecule has 2 aromatic carbocycles. The van der Waals surface area contributed by atoms with Crippen molar-refractivity contribution in [1.29, 1.82) is 0 Å². The van der Waals surface area contributed by atoms with E-state index in [-0.39, 0.29) is 10.7 Å². The summed E-state index contributed by atoms with van der Waals surface area (Å²) in [6, 6.07) is 8.42. The van der Waals surface area contributed by atoms with E-state index in [2.05, 4.69) is 5.32 Å². The second kappa shape index (κ2) is 6.41. The van der Waals surface area contributed by atoms with E-state index in [4.69, 9.17) is 16.3 Å². The first-order valence-corrected chi connectivity index (χ1v) is 6.51. The molecule has 21 heavy (non-hydrogen) atoms. The van der Waals surface area contributed by atoms with Gasteiger partial charge < -0.3 is 10.1 Å². The van der Waals surface area contributed by atoms with Crippen molar-refractivity contribution in [3.63, 3.8) is 0 Å². The lowest BCUT2D eigenvalue weighted by Crippen LogP contribution is -1.97. The van der Waals surface area contributed by atoms with Gasteiger partial charge >= 0.3 is 0 Å². The van der Waals surface area contributed by atoms with Crippen LogP contribution in [0.2, 0.25) is 5.02 Å². The Morgan fingerprint density at radius 1 is 1.29 bits per heavy atom. The van der Waals surface area contributed by atoms with Crippen molar-refractivity contribution >= 4 is 28.7 Å². The summed E-state index contributed by atoms with van der Waals surface area (Å²) in [5, 5.41) is 13.8. The predicted molar refractivity (Wildman–Crippen MR) is 79.0 cm³/mol. The van der Waals surface area contributed by atoms with E-state index in [1.807, 2.05) is 0 Å². The smallest absolute Gasteiger partial charge is 0.275 e. The van der Waals surface area contributed by atoms with Crippen molar-refractivity contribution < 1.29 is 14.1 Å². The first kappa shape index (κ1) is 15.1. The zero-order valence-corrected chi connectivity index (χ0v) is 11.9. The fourth-order valence-electron chi connectivity index (χ4n) is 1.75. The first-order valence-electron chi connectivity index (χ1n) is 6.14. The molecule has 0 bridgehead atoms. The van der Waals surface area contributed by atoms with Gasteiger partial charge in [0.05, 0.1) is 22.6 Å². The van der Waals surface area contributed by atoms with Crippen LogP contribution in [0.1, 0.15) is 6.92 Å². The van der Waals surface area contributed by atoms with Gasteiger partial charge in [-0.3, -0.25) is 10.1 Å². The summed E-state index contributed by atoms with van der Waals surface area (Å²) in [6.45, 7) is 2.18. The summed E-state index contributed by atoms with van der Waals surface area (Å²) in [6.07, 6.45) is 0. The van der Waals surface area contributed by atoms with Crippen LogP contribution in [0, 0.1) is 15.9 Å². The van der Waals surface area contributed by atoms with E-state index in [9.17, 15) is 14.5 Å². The number of halogens is 2. The molecule has 0 aromatic heterocycles. The molecule has 7 heteroatoms. The Morgan fingerprint density at radius 3 is 2.67 bits per heavy atom. The van der Waals surface area contributed by atoms with Crippen molar-refractivity contribution in [3.05, 3.63) is 57.4 Å². The van der Waals surface area contributed by atoms with Gasteiger partial charge in [-0.05, 0) is 25.1 Å². The third-order valence-corrected chi connectivity index (χ3v) is 2.91. The van der Waals surface area contributed by atoms with E-state index >= 15 is 0 Å². The highest BCUT2D eigenvalue weighted by Gasteiger charge is 2.11. The van der Waals surface area contributed by atoms with Crippen molar-refractivity contribution in [2.24, 2.45) is 0 Å². The average Bonchev–Trinajstić information content (AvgIpc) is 2.43. The Bertz CT molecular complexity index is 679. The van der Waals surface area contributed by atoms with Crippen molar-refractivity contribution in [2.75, 3.05) is 11.9 Å². The summed E-state index contributed by atoms with van der Waals surface area (Å²) >= 11 is 5.69. The van der Waals surface area contributed by atoms with Crippen LogP contribution in [0.5, 0.6) is 5.75 Å². The fourth-order valence-corrected chi connectivity index (χ4v) is 1.93. The zero-order chi connectivity index (χ0) is 15.4. The van der Waals surface area contributed by atoms with E-state index in [0.29, 0.717) is 23.7 Å². The van der Waals surface area contributed by atoms with Gasteiger partial charge in [-0.25, -0.2) is 4.39 Å². The number of ether oxygens (including phenoxy) is 1. The van der Waals surface area contributed by atoms with Gasteiger partial charge in [0.1, 0.15) is 11.6 Å². The second-order valence-electron chi connectivity index (χ2n) is 4.16. The van der Waals surface area contributed by atoms with Gasteiger partial charge in [-0.15, -0.1) is 0 Å². The summed E-state index contributed by atoms with van der Waals surface area (Å²) in [7, 11) is 0. The van der Waals surface area contributed by atoms with Crippen LogP contribution in [0.4, 0.5) is 21.5 Å².